The second-order valence-corrected chi connectivity index (χ2v) is 8.91. The Labute approximate surface area is 135 Å². The number of hydrogen-bond donors (Lipinski definition) is 1. The maximum absolute atomic E-state index is 12.0. The fourth-order valence-corrected chi connectivity index (χ4v) is 6.01. The lowest BCUT2D eigenvalue weighted by atomic mass is 9.48. The van der Waals surface area contributed by atoms with Gasteiger partial charge in [-0.25, -0.2) is 0 Å². The Morgan fingerprint density at radius 1 is 1.18 bits per heavy atom. The van der Waals surface area contributed by atoms with Crippen molar-refractivity contribution in [2.75, 3.05) is 0 Å². The molecule has 0 radical (unpaired) electrons. The molecular weight excluding hydrogens is 272 g/mol. The Morgan fingerprint density at radius 3 is 2.55 bits per heavy atom. The Balaban J connectivity index is 1.96. The molecule has 0 bridgehead atoms. The molecule has 0 aromatic rings. The maximum Gasteiger partial charge on any atom is 0.309 e. The van der Waals surface area contributed by atoms with Crippen LogP contribution in [0.15, 0.2) is 11.1 Å². The summed E-state index contributed by atoms with van der Waals surface area (Å²) in [6.45, 7) is 9.11. The van der Waals surface area contributed by atoms with Gasteiger partial charge in [0.15, 0.2) is 0 Å². The quantitative estimate of drug-likeness (QED) is 0.691. The standard InChI is InChI=1S/C20H32O2/c1-13(2)14-6-8-16-15(12-14)7-9-17-19(16,3)10-5-11-20(17,4)18(21)22/h13-14,17H,5-12H2,1-4H3,(H,21,22)/t14-,17?,19-,20-/m1/s1. The summed E-state index contributed by atoms with van der Waals surface area (Å²) in [7, 11) is 0. The van der Waals surface area contributed by atoms with Gasteiger partial charge >= 0.3 is 5.97 Å². The summed E-state index contributed by atoms with van der Waals surface area (Å²) in [5.74, 6) is 1.38. The van der Waals surface area contributed by atoms with Crippen molar-refractivity contribution < 1.29 is 9.90 Å². The minimum atomic E-state index is -0.566. The Hall–Kier alpha value is -0.790. The van der Waals surface area contributed by atoms with Gasteiger partial charge in [0.2, 0.25) is 0 Å². The number of allylic oxidation sites excluding steroid dienone is 2. The fourth-order valence-electron chi connectivity index (χ4n) is 6.01. The molecule has 0 amide bonds. The molecule has 3 aliphatic carbocycles. The van der Waals surface area contributed by atoms with Crippen LogP contribution >= 0.6 is 0 Å². The SMILES string of the molecule is CC(C)[C@@H]1CCC2=C(CCC3[C@](C)(C(=O)O)CCC[C@]23C)C1. The minimum absolute atomic E-state index is 0.154. The normalized spacial score (nSPS) is 42.0. The number of aliphatic carboxylic acids is 1. The van der Waals surface area contributed by atoms with E-state index < -0.39 is 11.4 Å². The lowest BCUT2D eigenvalue weighted by molar-refractivity contribution is -0.159. The third-order valence-corrected chi connectivity index (χ3v) is 7.49. The lowest BCUT2D eigenvalue weighted by Crippen LogP contribution is -2.51. The first-order chi connectivity index (χ1) is 10.3. The van der Waals surface area contributed by atoms with Crippen molar-refractivity contribution in [3.05, 3.63) is 11.1 Å². The number of carbonyl (C=O) groups is 1. The van der Waals surface area contributed by atoms with Crippen molar-refractivity contribution in [1.29, 1.82) is 0 Å². The first-order valence-corrected chi connectivity index (χ1v) is 9.24. The average Bonchev–Trinajstić information content (AvgIpc) is 2.46. The summed E-state index contributed by atoms with van der Waals surface area (Å²) in [4.78, 5) is 12.0. The van der Waals surface area contributed by atoms with E-state index in [1.165, 1.54) is 25.7 Å². The van der Waals surface area contributed by atoms with E-state index in [-0.39, 0.29) is 5.41 Å². The highest BCUT2D eigenvalue weighted by Gasteiger charge is 2.56. The summed E-state index contributed by atoms with van der Waals surface area (Å²) >= 11 is 0. The van der Waals surface area contributed by atoms with Crippen LogP contribution < -0.4 is 0 Å². The van der Waals surface area contributed by atoms with E-state index in [2.05, 4.69) is 20.8 Å². The highest BCUT2D eigenvalue weighted by atomic mass is 16.4. The summed E-state index contributed by atoms with van der Waals surface area (Å²) in [5, 5.41) is 9.85. The van der Waals surface area contributed by atoms with Gasteiger partial charge in [-0.3, -0.25) is 4.79 Å². The van der Waals surface area contributed by atoms with E-state index >= 15 is 0 Å². The van der Waals surface area contributed by atoms with Gasteiger partial charge in [0.1, 0.15) is 0 Å². The molecule has 1 fully saturated rings. The van der Waals surface area contributed by atoms with Crippen LogP contribution in [0.25, 0.3) is 0 Å². The van der Waals surface area contributed by atoms with E-state index in [4.69, 9.17) is 0 Å². The van der Waals surface area contributed by atoms with Crippen molar-refractivity contribution in [1.82, 2.24) is 0 Å². The largest absolute Gasteiger partial charge is 0.481 e. The predicted octanol–water partition coefficient (Wildman–Crippen LogP) is 5.43. The second-order valence-electron chi connectivity index (χ2n) is 8.91. The molecule has 0 saturated heterocycles. The van der Waals surface area contributed by atoms with Crippen LogP contribution in [0.4, 0.5) is 0 Å². The zero-order valence-corrected chi connectivity index (χ0v) is 14.7. The molecule has 0 aromatic heterocycles. The molecule has 1 N–H and O–H groups in total. The Bertz CT molecular complexity index is 504. The van der Waals surface area contributed by atoms with Crippen LogP contribution in [-0.2, 0) is 4.79 Å². The van der Waals surface area contributed by atoms with Crippen molar-refractivity contribution in [2.45, 2.75) is 79.1 Å². The monoisotopic (exact) mass is 304 g/mol. The van der Waals surface area contributed by atoms with Gasteiger partial charge in [0.25, 0.3) is 0 Å². The van der Waals surface area contributed by atoms with Crippen LogP contribution in [0.5, 0.6) is 0 Å². The van der Waals surface area contributed by atoms with Crippen LogP contribution in [0.2, 0.25) is 0 Å². The van der Waals surface area contributed by atoms with Gasteiger partial charge in [-0.1, -0.05) is 38.3 Å². The predicted molar refractivity (Wildman–Crippen MR) is 89.6 cm³/mol. The third kappa shape index (κ3) is 2.25. The van der Waals surface area contributed by atoms with Crippen molar-refractivity contribution in [3.8, 4) is 0 Å². The molecule has 0 aliphatic heterocycles. The third-order valence-electron chi connectivity index (χ3n) is 7.49. The van der Waals surface area contributed by atoms with E-state index in [0.717, 1.165) is 37.5 Å². The van der Waals surface area contributed by atoms with Gasteiger partial charge in [-0.2, -0.15) is 0 Å². The van der Waals surface area contributed by atoms with Crippen molar-refractivity contribution in [2.24, 2.45) is 28.6 Å². The molecule has 4 atom stereocenters. The van der Waals surface area contributed by atoms with Gasteiger partial charge in [0.05, 0.1) is 5.41 Å². The first kappa shape index (κ1) is 16.1. The molecule has 2 nitrogen and oxygen atoms in total. The van der Waals surface area contributed by atoms with Gasteiger partial charge in [0, 0.05) is 0 Å². The lowest BCUT2D eigenvalue weighted by Gasteiger charge is -2.56. The molecule has 1 unspecified atom stereocenters. The van der Waals surface area contributed by atoms with Crippen LogP contribution in [0.1, 0.15) is 79.1 Å². The highest BCUT2D eigenvalue weighted by Crippen LogP contribution is 2.62. The van der Waals surface area contributed by atoms with E-state index in [9.17, 15) is 9.90 Å². The molecule has 22 heavy (non-hydrogen) atoms. The second kappa shape index (κ2) is 5.39. The summed E-state index contributed by atoms with van der Waals surface area (Å²) in [6, 6.07) is 0. The van der Waals surface area contributed by atoms with Crippen LogP contribution in [0.3, 0.4) is 0 Å². The molecule has 3 aliphatic rings. The smallest absolute Gasteiger partial charge is 0.309 e. The fraction of sp³-hybridized carbons (Fsp3) is 0.850. The summed E-state index contributed by atoms with van der Waals surface area (Å²) in [5.41, 5.74) is 3.02. The minimum Gasteiger partial charge on any atom is -0.481 e. The van der Waals surface area contributed by atoms with Crippen LogP contribution in [0, 0.1) is 28.6 Å². The molecule has 0 spiro atoms. The molecular formula is C20H32O2. The van der Waals surface area contributed by atoms with E-state index in [1.54, 1.807) is 11.1 Å². The van der Waals surface area contributed by atoms with Gasteiger partial charge in [-0.15, -0.1) is 0 Å². The zero-order chi connectivity index (χ0) is 16.1. The number of carboxylic acids is 1. The average molecular weight is 304 g/mol. The zero-order valence-electron chi connectivity index (χ0n) is 14.7. The number of fused-ring (bicyclic) bond motifs is 2. The van der Waals surface area contributed by atoms with Crippen molar-refractivity contribution >= 4 is 5.97 Å². The maximum atomic E-state index is 12.0. The molecule has 2 heteroatoms. The highest BCUT2D eigenvalue weighted by molar-refractivity contribution is 5.75. The summed E-state index contributed by atoms with van der Waals surface area (Å²) < 4.78 is 0. The number of hydrogen-bond acceptors (Lipinski definition) is 1. The Kier molecular flexibility index (Phi) is 3.94. The van der Waals surface area contributed by atoms with Crippen molar-refractivity contribution in [3.63, 3.8) is 0 Å². The number of carboxylic acid groups (broad SMARTS) is 1. The molecule has 0 aromatic carbocycles. The van der Waals surface area contributed by atoms with Crippen LogP contribution in [-0.4, -0.2) is 11.1 Å². The molecule has 1 saturated carbocycles. The van der Waals surface area contributed by atoms with E-state index in [0.29, 0.717) is 5.92 Å². The topological polar surface area (TPSA) is 37.3 Å². The van der Waals surface area contributed by atoms with Gasteiger partial charge < -0.3 is 5.11 Å². The molecule has 124 valence electrons. The van der Waals surface area contributed by atoms with Gasteiger partial charge in [-0.05, 0) is 75.0 Å². The molecule has 3 rings (SSSR count). The number of rotatable bonds is 2. The summed E-state index contributed by atoms with van der Waals surface area (Å²) in [6.07, 6.45) is 9.18. The molecule has 0 heterocycles. The Morgan fingerprint density at radius 2 is 1.91 bits per heavy atom. The first-order valence-electron chi connectivity index (χ1n) is 9.24. The van der Waals surface area contributed by atoms with E-state index in [1.807, 2.05) is 6.92 Å².